The van der Waals surface area contributed by atoms with Gasteiger partial charge in [0.15, 0.2) is 0 Å². The van der Waals surface area contributed by atoms with Crippen molar-refractivity contribution in [2.75, 3.05) is 0 Å². The number of hydrogen-bond donors (Lipinski definition) is 0. The highest BCUT2D eigenvalue weighted by Gasteiger charge is 2.21. The molecular formula is C21H27N. The predicted molar refractivity (Wildman–Crippen MR) is 97.6 cm³/mol. The first kappa shape index (κ1) is 15.1. The zero-order chi connectivity index (χ0) is 16.1. The molecule has 1 nitrogen and oxygen atoms in total. The van der Waals surface area contributed by atoms with Crippen molar-refractivity contribution in [2.24, 2.45) is 5.41 Å². The maximum atomic E-state index is 2.49. The third-order valence-electron chi connectivity index (χ3n) is 4.14. The fourth-order valence-electron chi connectivity index (χ4n) is 3.46. The summed E-state index contributed by atoms with van der Waals surface area (Å²) in [4.78, 5) is 0. The van der Waals surface area contributed by atoms with Gasteiger partial charge in [-0.3, -0.25) is 0 Å². The lowest BCUT2D eigenvalue weighted by atomic mass is 9.88. The van der Waals surface area contributed by atoms with E-state index in [9.17, 15) is 0 Å². The van der Waals surface area contributed by atoms with Gasteiger partial charge in [0.2, 0.25) is 0 Å². The molecule has 0 fully saturated rings. The smallest absolute Gasteiger partial charge is 0.0499 e. The van der Waals surface area contributed by atoms with E-state index in [2.05, 4.69) is 88.6 Å². The Hall–Kier alpha value is -1.76. The Morgan fingerprint density at radius 1 is 0.773 bits per heavy atom. The fraction of sp³-hybridized carbons (Fsp3) is 0.429. The molecular weight excluding hydrogens is 266 g/mol. The van der Waals surface area contributed by atoms with E-state index in [1.165, 1.54) is 27.4 Å². The van der Waals surface area contributed by atoms with Gasteiger partial charge in [0.25, 0.3) is 0 Å². The minimum atomic E-state index is 0.0711. The monoisotopic (exact) mass is 293 g/mol. The van der Waals surface area contributed by atoms with Crippen LogP contribution in [0, 0.1) is 5.41 Å². The van der Waals surface area contributed by atoms with E-state index in [0.29, 0.717) is 5.41 Å². The number of para-hydroxylation sites is 1. The van der Waals surface area contributed by atoms with Crippen LogP contribution in [0.5, 0.6) is 0 Å². The molecule has 0 aliphatic carbocycles. The van der Waals surface area contributed by atoms with Crippen LogP contribution in [0.2, 0.25) is 0 Å². The molecule has 0 bridgehead atoms. The molecule has 22 heavy (non-hydrogen) atoms. The van der Waals surface area contributed by atoms with Crippen molar-refractivity contribution in [3.05, 3.63) is 48.0 Å². The largest absolute Gasteiger partial charge is 0.335 e. The van der Waals surface area contributed by atoms with Gasteiger partial charge in [-0.1, -0.05) is 51.1 Å². The average molecular weight is 293 g/mol. The number of nitrogens with zero attached hydrogens (tertiary/aromatic N) is 1. The third-order valence-corrected chi connectivity index (χ3v) is 4.14. The number of rotatable bonds is 1. The van der Waals surface area contributed by atoms with Gasteiger partial charge in [0, 0.05) is 27.3 Å². The first-order chi connectivity index (χ1) is 10.2. The molecule has 0 aliphatic heterocycles. The molecule has 1 heterocycles. The summed E-state index contributed by atoms with van der Waals surface area (Å²) < 4.78 is 2.49. The Morgan fingerprint density at radius 2 is 1.41 bits per heavy atom. The van der Waals surface area contributed by atoms with Gasteiger partial charge in [0.1, 0.15) is 0 Å². The molecule has 116 valence electrons. The molecule has 0 atom stereocenters. The molecule has 0 amide bonds. The number of hydrogen-bond acceptors (Lipinski definition) is 0. The normalized spacial score (nSPS) is 13.2. The zero-order valence-corrected chi connectivity index (χ0v) is 14.7. The van der Waals surface area contributed by atoms with E-state index < -0.39 is 0 Å². The van der Waals surface area contributed by atoms with E-state index in [1.807, 2.05) is 0 Å². The summed E-state index contributed by atoms with van der Waals surface area (Å²) in [6.45, 7) is 13.8. The maximum Gasteiger partial charge on any atom is 0.0499 e. The van der Waals surface area contributed by atoms with Crippen molar-refractivity contribution in [1.82, 2.24) is 4.57 Å². The fourth-order valence-corrected chi connectivity index (χ4v) is 3.46. The van der Waals surface area contributed by atoms with Crippen molar-refractivity contribution in [2.45, 2.75) is 53.5 Å². The molecule has 0 unspecified atom stereocenters. The lowest BCUT2D eigenvalue weighted by molar-refractivity contribution is 0.410. The second-order valence-corrected chi connectivity index (χ2v) is 8.61. The van der Waals surface area contributed by atoms with Crippen molar-refractivity contribution < 1.29 is 0 Å². The quantitative estimate of drug-likeness (QED) is 0.508. The minimum Gasteiger partial charge on any atom is -0.335 e. The van der Waals surface area contributed by atoms with Gasteiger partial charge < -0.3 is 4.57 Å². The Balaban J connectivity index is 2.33. The lowest BCUT2D eigenvalue weighted by Gasteiger charge is -2.25. The van der Waals surface area contributed by atoms with Crippen LogP contribution < -0.4 is 0 Å². The van der Waals surface area contributed by atoms with Crippen LogP contribution >= 0.6 is 0 Å². The Bertz CT molecular complexity index is 823. The molecule has 0 radical (unpaired) electrons. The maximum absolute atomic E-state index is 2.49. The standard InChI is InChI=1S/C21H27N/c1-20(2,3)14-15-11-12-17-16-9-7-8-10-18(16)22(19(17)13-15)21(4,5)6/h7-13H,14H2,1-6H3. The summed E-state index contributed by atoms with van der Waals surface area (Å²) in [7, 11) is 0. The van der Waals surface area contributed by atoms with Crippen LogP contribution in [0.4, 0.5) is 0 Å². The van der Waals surface area contributed by atoms with Gasteiger partial charge in [0.05, 0.1) is 0 Å². The molecule has 0 saturated heterocycles. The molecule has 1 aromatic heterocycles. The van der Waals surface area contributed by atoms with Crippen molar-refractivity contribution >= 4 is 21.8 Å². The summed E-state index contributed by atoms with van der Waals surface area (Å²) in [6, 6.07) is 15.8. The van der Waals surface area contributed by atoms with Gasteiger partial charge in [-0.05, 0) is 50.3 Å². The third kappa shape index (κ3) is 2.65. The van der Waals surface area contributed by atoms with E-state index in [1.54, 1.807) is 0 Å². The van der Waals surface area contributed by atoms with Gasteiger partial charge >= 0.3 is 0 Å². The van der Waals surface area contributed by atoms with Crippen LogP contribution in [0.15, 0.2) is 42.5 Å². The summed E-state index contributed by atoms with van der Waals surface area (Å²) in [5.74, 6) is 0. The van der Waals surface area contributed by atoms with Crippen LogP contribution in [0.1, 0.15) is 47.1 Å². The topological polar surface area (TPSA) is 4.93 Å². The van der Waals surface area contributed by atoms with Crippen LogP contribution in [-0.4, -0.2) is 4.57 Å². The Kier molecular flexibility index (Phi) is 3.36. The van der Waals surface area contributed by atoms with Gasteiger partial charge in [-0.25, -0.2) is 0 Å². The molecule has 3 aromatic rings. The highest BCUT2D eigenvalue weighted by atomic mass is 15.0. The summed E-state index contributed by atoms with van der Waals surface area (Å²) in [5.41, 5.74) is 4.50. The number of fused-ring (bicyclic) bond motifs is 3. The van der Waals surface area contributed by atoms with E-state index in [-0.39, 0.29) is 5.54 Å². The Labute approximate surface area is 133 Å². The SMILES string of the molecule is CC(C)(C)Cc1ccc2c3ccccc3n(C(C)(C)C)c2c1. The number of aromatic nitrogens is 1. The van der Waals surface area contributed by atoms with E-state index in [0.717, 1.165) is 6.42 Å². The van der Waals surface area contributed by atoms with Crippen LogP contribution in [-0.2, 0) is 12.0 Å². The summed E-state index contributed by atoms with van der Waals surface area (Å²) >= 11 is 0. The molecule has 3 rings (SSSR count). The molecule has 1 heteroatoms. The molecule has 2 aromatic carbocycles. The predicted octanol–water partition coefficient (Wildman–Crippen LogP) is 6.14. The van der Waals surface area contributed by atoms with Crippen LogP contribution in [0.25, 0.3) is 21.8 Å². The second kappa shape index (κ2) is 4.87. The van der Waals surface area contributed by atoms with Gasteiger partial charge in [-0.2, -0.15) is 0 Å². The Morgan fingerprint density at radius 3 is 2.05 bits per heavy atom. The first-order valence-corrected chi connectivity index (χ1v) is 8.19. The molecule has 0 N–H and O–H groups in total. The van der Waals surface area contributed by atoms with Crippen LogP contribution in [0.3, 0.4) is 0 Å². The minimum absolute atomic E-state index is 0.0711. The first-order valence-electron chi connectivity index (χ1n) is 8.19. The summed E-state index contributed by atoms with van der Waals surface area (Å²) in [6.07, 6.45) is 1.11. The lowest BCUT2D eigenvalue weighted by Crippen LogP contribution is -2.21. The van der Waals surface area contributed by atoms with Crippen molar-refractivity contribution in [3.63, 3.8) is 0 Å². The van der Waals surface area contributed by atoms with E-state index >= 15 is 0 Å². The number of benzene rings is 2. The molecule has 0 aliphatic rings. The summed E-state index contributed by atoms with van der Waals surface area (Å²) in [5, 5.41) is 2.72. The highest BCUT2D eigenvalue weighted by molar-refractivity contribution is 6.08. The zero-order valence-electron chi connectivity index (χ0n) is 14.7. The highest BCUT2D eigenvalue weighted by Crippen LogP contribution is 2.35. The van der Waals surface area contributed by atoms with Gasteiger partial charge in [-0.15, -0.1) is 0 Å². The molecule has 0 saturated carbocycles. The van der Waals surface area contributed by atoms with Crippen molar-refractivity contribution in [3.8, 4) is 0 Å². The average Bonchev–Trinajstić information content (AvgIpc) is 2.69. The second-order valence-electron chi connectivity index (χ2n) is 8.61. The van der Waals surface area contributed by atoms with E-state index in [4.69, 9.17) is 0 Å². The van der Waals surface area contributed by atoms with Crippen molar-refractivity contribution in [1.29, 1.82) is 0 Å². The molecule has 0 spiro atoms.